The number of anilines is 2. The van der Waals surface area contributed by atoms with Crippen LogP contribution in [0.1, 0.15) is 71.1 Å². The van der Waals surface area contributed by atoms with Crippen LogP contribution in [0.5, 0.6) is 0 Å². The summed E-state index contributed by atoms with van der Waals surface area (Å²) in [7, 11) is -1.69. The van der Waals surface area contributed by atoms with E-state index in [1.807, 2.05) is 6.07 Å². The highest BCUT2D eigenvalue weighted by molar-refractivity contribution is 6.74. The fourth-order valence-electron chi connectivity index (χ4n) is 4.92. The highest BCUT2D eigenvalue weighted by Gasteiger charge is 2.38. The minimum absolute atomic E-state index is 0.256. The minimum atomic E-state index is -1.69. The zero-order valence-corrected chi connectivity index (χ0v) is 22.2. The quantitative estimate of drug-likeness (QED) is 0.400. The number of aromatic nitrogens is 1. The highest BCUT2D eigenvalue weighted by atomic mass is 28.4. The molecule has 2 aromatic rings. The predicted octanol–water partition coefficient (Wildman–Crippen LogP) is 5.91. The van der Waals surface area contributed by atoms with Gasteiger partial charge in [-0.15, -0.1) is 0 Å². The Morgan fingerprint density at radius 3 is 2.36 bits per heavy atom. The molecular weight excluding hydrogens is 430 g/mol. The number of hydrogen-bond donors (Lipinski definition) is 2. The number of nitrogens with two attached hydrogens (primary N) is 1. The molecule has 2 fully saturated rings. The first-order chi connectivity index (χ1) is 15.6. The number of nitrogens with zero attached hydrogens (tertiary/aromatic N) is 2. The molecule has 0 bridgehead atoms. The van der Waals surface area contributed by atoms with Crippen molar-refractivity contribution in [2.75, 3.05) is 36.9 Å². The van der Waals surface area contributed by atoms with E-state index < -0.39 is 8.32 Å². The Labute approximate surface area is 200 Å². The van der Waals surface area contributed by atoms with Crippen molar-refractivity contribution in [3.63, 3.8) is 0 Å². The second-order valence-electron chi connectivity index (χ2n) is 11.8. The van der Waals surface area contributed by atoms with Gasteiger partial charge >= 0.3 is 0 Å². The van der Waals surface area contributed by atoms with Gasteiger partial charge in [-0.1, -0.05) is 20.8 Å². The fourth-order valence-corrected chi connectivity index (χ4v) is 6.01. The van der Waals surface area contributed by atoms with Gasteiger partial charge in [0.15, 0.2) is 19.8 Å². The normalized spacial score (nSPS) is 23.4. The molecule has 4 rings (SSSR count). The molecule has 1 saturated carbocycles. The van der Waals surface area contributed by atoms with E-state index in [4.69, 9.17) is 19.6 Å². The smallest absolute Gasteiger partial charge is 0.198 e. The summed E-state index contributed by atoms with van der Waals surface area (Å²) in [5.41, 5.74) is 10.0. The summed E-state index contributed by atoms with van der Waals surface area (Å²) in [5, 5.41) is 9.65. The van der Waals surface area contributed by atoms with Crippen molar-refractivity contribution in [2.45, 2.75) is 83.3 Å². The van der Waals surface area contributed by atoms with Gasteiger partial charge < -0.3 is 24.6 Å². The SMILES string of the molecule is CC(C)(C)[Si](C)(C)OCC1CCN(c2cc3nc(C4CCC(CO)CC4)oc3cc2N)CC1. The van der Waals surface area contributed by atoms with Gasteiger partial charge in [-0.05, 0) is 74.6 Å². The van der Waals surface area contributed by atoms with Crippen LogP contribution in [-0.2, 0) is 4.43 Å². The molecule has 2 aliphatic rings. The number of fused-ring (bicyclic) bond motifs is 1. The van der Waals surface area contributed by atoms with Crippen molar-refractivity contribution in [1.29, 1.82) is 0 Å². The fraction of sp³-hybridized carbons (Fsp3) is 0.731. The second kappa shape index (κ2) is 9.59. The lowest BCUT2D eigenvalue weighted by atomic mass is 9.82. The molecule has 0 unspecified atom stereocenters. The Morgan fingerprint density at radius 2 is 1.76 bits per heavy atom. The molecule has 3 N–H and O–H groups in total. The van der Waals surface area contributed by atoms with Crippen LogP contribution < -0.4 is 10.6 Å². The molecular formula is C26H43N3O3Si. The van der Waals surface area contributed by atoms with Gasteiger partial charge in [0.05, 0.1) is 11.4 Å². The Balaban J connectivity index is 1.38. The van der Waals surface area contributed by atoms with E-state index in [1.54, 1.807) is 0 Å². The van der Waals surface area contributed by atoms with E-state index >= 15 is 0 Å². The zero-order valence-electron chi connectivity index (χ0n) is 21.2. The zero-order chi connectivity index (χ0) is 23.8. The molecule has 1 aromatic carbocycles. The predicted molar refractivity (Wildman–Crippen MR) is 138 cm³/mol. The van der Waals surface area contributed by atoms with E-state index in [2.05, 4.69) is 44.8 Å². The third-order valence-electron chi connectivity index (χ3n) is 8.45. The van der Waals surface area contributed by atoms with Crippen LogP contribution in [0.25, 0.3) is 11.1 Å². The van der Waals surface area contributed by atoms with Gasteiger partial charge in [0.25, 0.3) is 0 Å². The van der Waals surface area contributed by atoms with E-state index in [0.717, 1.165) is 86.6 Å². The van der Waals surface area contributed by atoms with E-state index in [0.29, 0.717) is 24.4 Å². The summed E-state index contributed by atoms with van der Waals surface area (Å²) in [6.45, 7) is 14.7. The lowest BCUT2D eigenvalue weighted by Crippen LogP contribution is -2.43. The third-order valence-corrected chi connectivity index (χ3v) is 12.9. The van der Waals surface area contributed by atoms with Crippen molar-refractivity contribution < 1.29 is 13.9 Å². The summed E-state index contributed by atoms with van der Waals surface area (Å²) >= 11 is 0. The summed E-state index contributed by atoms with van der Waals surface area (Å²) in [4.78, 5) is 7.25. The number of hydrogen-bond acceptors (Lipinski definition) is 6. The van der Waals surface area contributed by atoms with Crippen molar-refractivity contribution in [1.82, 2.24) is 4.98 Å². The lowest BCUT2D eigenvalue weighted by Gasteiger charge is -2.39. The Kier molecular flexibility index (Phi) is 7.13. The summed E-state index contributed by atoms with van der Waals surface area (Å²) in [6.07, 6.45) is 6.41. The summed E-state index contributed by atoms with van der Waals surface area (Å²) < 4.78 is 12.6. The second-order valence-corrected chi connectivity index (χ2v) is 16.6. The van der Waals surface area contributed by atoms with Crippen LogP contribution in [0.4, 0.5) is 11.4 Å². The Bertz CT molecular complexity index is 936. The van der Waals surface area contributed by atoms with Crippen LogP contribution in [0.2, 0.25) is 18.1 Å². The molecule has 1 aliphatic carbocycles. The minimum Gasteiger partial charge on any atom is -0.440 e. The maximum Gasteiger partial charge on any atom is 0.198 e. The molecule has 184 valence electrons. The van der Waals surface area contributed by atoms with Gasteiger partial charge in [-0.2, -0.15) is 0 Å². The van der Waals surface area contributed by atoms with Crippen LogP contribution in [0.3, 0.4) is 0 Å². The van der Waals surface area contributed by atoms with Crippen LogP contribution in [0.15, 0.2) is 16.5 Å². The Hall–Kier alpha value is -1.57. The maximum atomic E-state index is 9.40. The average molecular weight is 474 g/mol. The molecule has 33 heavy (non-hydrogen) atoms. The monoisotopic (exact) mass is 473 g/mol. The van der Waals surface area contributed by atoms with Crippen LogP contribution in [0, 0.1) is 11.8 Å². The number of nitrogen functional groups attached to an aromatic ring is 1. The molecule has 2 heterocycles. The number of aliphatic hydroxyl groups is 1. The van der Waals surface area contributed by atoms with Gasteiger partial charge in [0.2, 0.25) is 0 Å². The van der Waals surface area contributed by atoms with E-state index in [9.17, 15) is 5.11 Å². The number of piperidine rings is 1. The lowest BCUT2D eigenvalue weighted by molar-refractivity contribution is 0.177. The first kappa shape index (κ1) is 24.5. The molecule has 0 amide bonds. The van der Waals surface area contributed by atoms with E-state index in [1.165, 1.54) is 0 Å². The first-order valence-corrected chi connectivity index (χ1v) is 15.7. The molecule has 0 spiro atoms. The molecule has 1 aliphatic heterocycles. The molecule has 0 radical (unpaired) electrons. The summed E-state index contributed by atoms with van der Waals surface area (Å²) in [6, 6.07) is 4.07. The Morgan fingerprint density at radius 1 is 1.09 bits per heavy atom. The van der Waals surface area contributed by atoms with Crippen LogP contribution >= 0.6 is 0 Å². The van der Waals surface area contributed by atoms with Gasteiger partial charge in [-0.3, -0.25) is 0 Å². The number of benzene rings is 1. The molecule has 0 atom stereocenters. The molecule has 1 aromatic heterocycles. The van der Waals surface area contributed by atoms with Gasteiger partial charge in [0, 0.05) is 38.3 Å². The largest absolute Gasteiger partial charge is 0.440 e. The van der Waals surface area contributed by atoms with E-state index in [-0.39, 0.29) is 5.04 Å². The molecule has 7 heteroatoms. The molecule has 6 nitrogen and oxygen atoms in total. The standard InChI is InChI=1S/C26H43N3O3Si/c1-26(2,3)33(4,5)31-17-19-10-12-29(13-11-19)23-15-22-24(14-21(23)27)32-25(28-22)20-8-6-18(16-30)7-9-20/h14-15,18-20,30H,6-13,16-17,27H2,1-5H3. The third kappa shape index (κ3) is 5.41. The van der Waals surface area contributed by atoms with Gasteiger partial charge in [-0.25, -0.2) is 4.98 Å². The van der Waals surface area contributed by atoms with Gasteiger partial charge in [0.1, 0.15) is 5.52 Å². The van der Waals surface area contributed by atoms with Crippen LogP contribution in [-0.4, -0.2) is 44.7 Å². The topological polar surface area (TPSA) is 84.8 Å². The molecule has 1 saturated heterocycles. The van der Waals surface area contributed by atoms with Crippen molar-refractivity contribution in [3.05, 3.63) is 18.0 Å². The van der Waals surface area contributed by atoms with Crippen molar-refractivity contribution in [3.8, 4) is 0 Å². The number of rotatable bonds is 6. The summed E-state index contributed by atoms with van der Waals surface area (Å²) in [5.74, 6) is 2.23. The highest BCUT2D eigenvalue weighted by Crippen LogP contribution is 2.39. The average Bonchev–Trinajstić information content (AvgIpc) is 3.19. The van der Waals surface area contributed by atoms with Crippen molar-refractivity contribution >= 4 is 30.8 Å². The maximum absolute atomic E-state index is 9.40. The number of aliphatic hydroxyl groups excluding tert-OH is 1. The number of oxazole rings is 1. The first-order valence-electron chi connectivity index (χ1n) is 12.8. The van der Waals surface area contributed by atoms with Crippen molar-refractivity contribution in [2.24, 2.45) is 11.8 Å².